The second kappa shape index (κ2) is 8.27. The standard InChI is InChI=1S/C17H15N3O5/c21-14-6-2-5-13(16(14)23)10-18-19-17(24)12-4-1-3-11(9-12)7-8-15(22)20-25/h1-10,21,23,25H,(H,19,24)(H,20,22). The monoisotopic (exact) mass is 341 g/mol. The molecule has 0 saturated carbocycles. The topological polar surface area (TPSA) is 131 Å². The molecular formula is C17H15N3O5. The lowest BCUT2D eigenvalue weighted by Crippen LogP contribution is -2.17. The average Bonchev–Trinajstić information content (AvgIpc) is 2.63. The number of para-hydroxylation sites is 1. The maximum absolute atomic E-state index is 12.1. The summed E-state index contributed by atoms with van der Waals surface area (Å²) in [5.74, 6) is -1.82. The van der Waals surface area contributed by atoms with Gasteiger partial charge in [-0.2, -0.15) is 5.10 Å². The third kappa shape index (κ3) is 4.91. The SMILES string of the molecule is O=C(C=Cc1cccc(C(=O)NN=Cc2cccc(O)c2O)c1)NO. The van der Waals surface area contributed by atoms with Crippen LogP contribution < -0.4 is 10.9 Å². The van der Waals surface area contributed by atoms with E-state index >= 15 is 0 Å². The van der Waals surface area contributed by atoms with E-state index in [2.05, 4.69) is 10.5 Å². The van der Waals surface area contributed by atoms with Gasteiger partial charge in [-0.1, -0.05) is 18.2 Å². The maximum atomic E-state index is 12.1. The van der Waals surface area contributed by atoms with Gasteiger partial charge in [0.05, 0.1) is 6.21 Å². The van der Waals surface area contributed by atoms with Crippen molar-refractivity contribution in [2.45, 2.75) is 0 Å². The van der Waals surface area contributed by atoms with Gasteiger partial charge in [0.15, 0.2) is 11.5 Å². The number of carbonyl (C=O) groups excluding carboxylic acids is 2. The third-order valence-corrected chi connectivity index (χ3v) is 3.10. The molecular weight excluding hydrogens is 326 g/mol. The van der Waals surface area contributed by atoms with Gasteiger partial charge in [0.2, 0.25) is 0 Å². The number of hydroxylamine groups is 1. The number of amides is 2. The summed E-state index contributed by atoms with van der Waals surface area (Å²) < 4.78 is 0. The van der Waals surface area contributed by atoms with E-state index in [9.17, 15) is 19.8 Å². The molecule has 0 aliphatic heterocycles. The molecule has 0 spiro atoms. The van der Waals surface area contributed by atoms with Gasteiger partial charge in [0.1, 0.15) is 0 Å². The van der Waals surface area contributed by atoms with Crippen molar-refractivity contribution in [3.8, 4) is 11.5 Å². The van der Waals surface area contributed by atoms with Crippen LogP contribution >= 0.6 is 0 Å². The number of hydrogen-bond donors (Lipinski definition) is 5. The van der Waals surface area contributed by atoms with Crippen molar-refractivity contribution < 1.29 is 25.0 Å². The number of nitrogens with zero attached hydrogens (tertiary/aromatic N) is 1. The predicted molar refractivity (Wildman–Crippen MR) is 90.2 cm³/mol. The molecule has 0 saturated heterocycles. The van der Waals surface area contributed by atoms with Crippen LogP contribution in [-0.2, 0) is 4.79 Å². The molecule has 5 N–H and O–H groups in total. The van der Waals surface area contributed by atoms with Crippen LogP contribution in [0.2, 0.25) is 0 Å². The second-order valence-electron chi connectivity index (χ2n) is 4.85. The third-order valence-electron chi connectivity index (χ3n) is 3.10. The van der Waals surface area contributed by atoms with E-state index in [1.54, 1.807) is 18.2 Å². The largest absolute Gasteiger partial charge is 0.504 e. The Balaban J connectivity index is 2.06. The highest BCUT2D eigenvalue weighted by molar-refractivity contribution is 5.96. The van der Waals surface area contributed by atoms with Crippen molar-refractivity contribution in [3.63, 3.8) is 0 Å². The van der Waals surface area contributed by atoms with Crippen LogP contribution in [0.5, 0.6) is 11.5 Å². The van der Waals surface area contributed by atoms with E-state index in [1.165, 1.54) is 42.0 Å². The predicted octanol–water partition coefficient (Wildman–Crippen LogP) is 1.38. The summed E-state index contributed by atoms with van der Waals surface area (Å²) in [6.45, 7) is 0. The minimum Gasteiger partial charge on any atom is -0.504 e. The van der Waals surface area contributed by atoms with Gasteiger partial charge in [0, 0.05) is 17.2 Å². The molecule has 8 nitrogen and oxygen atoms in total. The van der Waals surface area contributed by atoms with Crippen LogP contribution in [0.1, 0.15) is 21.5 Å². The molecule has 0 aromatic heterocycles. The Kier molecular flexibility index (Phi) is 5.86. The van der Waals surface area contributed by atoms with Gasteiger partial charge in [-0.05, 0) is 35.9 Å². The van der Waals surface area contributed by atoms with E-state index in [0.29, 0.717) is 11.1 Å². The van der Waals surface area contributed by atoms with Gasteiger partial charge >= 0.3 is 0 Å². The minimum atomic E-state index is -0.689. The average molecular weight is 341 g/mol. The van der Waals surface area contributed by atoms with E-state index in [1.807, 2.05) is 0 Å². The quantitative estimate of drug-likeness (QED) is 0.184. The van der Waals surface area contributed by atoms with Crippen LogP contribution in [0.3, 0.4) is 0 Å². The number of carbonyl (C=O) groups is 2. The molecule has 0 unspecified atom stereocenters. The zero-order valence-electron chi connectivity index (χ0n) is 12.9. The van der Waals surface area contributed by atoms with Crippen LogP contribution in [-0.4, -0.2) is 33.4 Å². The lowest BCUT2D eigenvalue weighted by molar-refractivity contribution is -0.124. The maximum Gasteiger partial charge on any atom is 0.271 e. The number of rotatable bonds is 5. The molecule has 0 aliphatic carbocycles. The Morgan fingerprint density at radius 2 is 1.84 bits per heavy atom. The van der Waals surface area contributed by atoms with E-state index in [0.717, 1.165) is 6.08 Å². The molecule has 0 atom stereocenters. The van der Waals surface area contributed by atoms with E-state index in [-0.39, 0.29) is 17.1 Å². The van der Waals surface area contributed by atoms with Crippen molar-refractivity contribution in [2.24, 2.45) is 5.10 Å². The number of benzene rings is 2. The molecule has 2 rings (SSSR count). The molecule has 2 aromatic carbocycles. The summed E-state index contributed by atoms with van der Waals surface area (Å²) in [6.07, 6.45) is 3.73. The minimum absolute atomic E-state index is 0.243. The summed E-state index contributed by atoms with van der Waals surface area (Å²) in [7, 11) is 0. The second-order valence-corrected chi connectivity index (χ2v) is 4.85. The molecule has 8 heteroatoms. The summed E-state index contributed by atoms with van der Waals surface area (Å²) in [5.41, 5.74) is 4.87. The molecule has 0 bridgehead atoms. The molecule has 0 aliphatic rings. The molecule has 2 aromatic rings. The van der Waals surface area contributed by atoms with Crippen LogP contribution in [0.15, 0.2) is 53.6 Å². The number of aromatic hydroxyl groups is 2. The van der Waals surface area contributed by atoms with Crippen LogP contribution in [0.4, 0.5) is 0 Å². The lowest BCUT2D eigenvalue weighted by Gasteiger charge is -2.02. The van der Waals surface area contributed by atoms with E-state index in [4.69, 9.17) is 5.21 Å². The Hall–Kier alpha value is -3.65. The van der Waals surface area contributed by atoms with Crippen molar-refractivity contribution in [1.82, 2.24) is 10.9 Å². The molecule has 2 amide bonds. The van der Waals surface area contributed by atoms with Gasteiger partial charge in [0.25, 0.3) is 11.8 Å². The number of phenols is 2. The molecule has 0 radical (unpaired) electrons. The molecule has 0 heterocycles. The molecule has 128 valence electrons. The first kappa shape index (κ1) is 17.7. The summed E-state index contributed by atoms with van der Waals surface area (Å²) in [4.78, 5) is 23.0. The normalized spacial score (nSPS) is 10.9. The highest BCUT2D eigenvalue weighted by Crippen LogP contribution is 2.26. The number of hydrogen-bond acceptors (Lipinski definition) is 6. The van der Waals surface area contributed by atoms with Crippen LogP contribution in [0, 0.1) is 0 Å². The van der Waals surface area contributed by atoms with Gasteiger partial charge in [-0.15, -0.1) is 0 Å². The van der Waals surface area contributed by atoms with Crippen molar-refractivity contribution in [3.05, 3.63) is 65.2 Å². The van der Waals surface area contributed by atoms with Crippen molar-refractivity contribution in [2.75, 3.05) is 0 Å². The van der Waals surface area contributed by atoms with E-state index < -0.39 is 11.8 Å². The first-order valence-electron chi connectivity index (χ1n) is 7.08. The van der Waals surface area contributed by atoms with Gasteiger partial charge < -0.3 is 10.2 Å². The fraction of sp³-hybridized carbons (Fsp3) is 0. The summed E-state index contributed by atoms with van der Waals surface area (Å²) in [6, 6.07) is 10.7. The fourth-order valence-electron chi connectivity index (χ4n) is 1.87. The first-order valence-corrected chi connectivity index (χ1v) is 7.08. The molecule has 25 heavy (non-hydrogen) atoms. The molecule has 0 fully saturated rings. The highest BCUT2D eigenvalue weighted by atomic mass is 16.5. The Morgan fingerprint density at radius 3 is 2.60 bits per heavy atom. The smallest absolute Gasteiger partial charge is 0.271 e. The van der Waals surface area contributed by atoms with Crippen LogP contribution in [0.25, 0.3) is 6.08 Å². The lowest BCUT2D eigenvalue weighted by atomic mass is 10.1. The number of nitrogens with one attached hydrogen (secondary N) is 2. The zero-order chi connectivity index (χ0) is 18.2. The highest BCUT2D eigenvalue weighted by Gasteiger charge is 2.06. The van der Waals surface area contributed by atoms with Crippen molar-refractivity contribution >= 4 is 24.1 Å². The number of phenolic OH excluding ortho intramolecular Hbond substituents is 2. The van der Waals surface area contributed by atoms with Gasteiger partial charge in [-0.3, -0.25) is 14.8 Å². The number of hydrazone groups is 1. The Morgan fingerprint density at radius 1 is 1.08 bits per heavy atom. The fourth-order valence-corrected chi connectivity index (χ4v) is 1.87. The Labute approximate surface area is 142 Å². The summed E-state index contributed by atoms with van der Waals surface area (Å²) in [5, 5.41) is 31.1. The zero-order valence-corrected chi connectivity index (χ0v) is 12.9. The summed E-state index contributed by atoms with van der Waals surface area (Å²) >= 11 is 0. The Bertz CT molecular complexity index is 846. The van der Waals surface area contributed by atoms with Gasteiger partial charge in [-0.25, -0.2) is 10.9 Å². The first-order chi connectivity index (χ1) is 12.0. The van der Waals surface area contributed by atoms with Crippen molar-refractivity contribution in [1.29, 1.82) is 0 Å².